The van der Waals surface area contributed by atoms with Crippen molar-refractivity contribution in [2.75, 3.05) is 27.8 Å². The number of carbonyl (C=O) groups excluding carboxylic acids is 1. The summed E-state index contributed by atoms with van der Waals surface area (Å²) in [5, 5.41) is 16.4. The van der Waals surface area contributed by atoms with Crippen molar-refractivity contribution in [1.82, 2.24) is 40.0 Å². The molecule has 1 amide bonds. The first-order valence-corrected chi connectivity index (χ1v) is 12.9. The van der Waals surface area contributed by atoms with Crippen LogP contribution in [0.3, 0.4) is 0 Å². The molecule has 0 aliphatic carbocycles. The number of aromatic nitrogens is 6. The van der Waals surface area contributed by atoms with E-state index in [9.17, 15) is 4.79 Å². The minimum Gasteiger partial charge on any atom is -0.494 e. The molecule has 0 atom stereocenters. The fourth-order valence-corrected chi connectivity index (χ4v) is 5.60. The second kappa shape index (κ2) is 11.0. The van der Waals surface area contributed by atoms with Crippen LogP contribution in [-0.4, -0.2) is 68.4 Å². The smallest absolute Gasteiger partial charge is 0.255 e. The van der Waals surface area contributed by atoms with Gasteiger partial charge in [-0.15, -0.1) is 16.4 Å². The highest BCUT2D eigenvalue weighted by Crippen LogP contribution is 2.27. The van der Waals surface area contributed by atoms with E-state index < -0.39 is 11.7 Å². The Morgan fingerprint density at radius 2 is 2.11 bits per heavy atom. The van der Waals surface area contributed by atoms with Gasteiger partial charge in [0.2, 0.25) is 0 Å². The molecule has 0 radical (unpaired) electrons. The highest BCUT2D eigenvalue weighted by Gasteiger charge is 2.22. The maximum absolute atomic E-state index is 15.3. The molecule has 0 fully saturated rings. The first kappa shape index (κ1) is 25.9. The second-order valence-corrected chi connectivity index (χ2v) is 10.3. The van der Waals surface area contributed by atoms with Crippen molar-refractivity contribution < 1.29 is 18.7 Å². The van der Waals surface area contributed by atoms with Gasteiger partial charge in [-0.3, -0.25) is 9.48 Å². The Hall–Kier alpha value is -3.68. The topological polar surface area (TPSA) is 112 Å². The van der Waals surface area contributed by atoms with Crippen molar-refractivity contribution in [3.8, 4) is 11.4 Å². The SMILES string of the molecule is COCc1nn(Cc2nc3c(s2)CN(C)CC3)cc1C(=O)NCc1c(-n2cc(C)nn2)ccc(OC)c1F. The van der Waals surface area contributed by atoms with Gasteiger partial charge in [0, 0.05) is 49.8 Å². The first-order valence-electron chi connectivity index (χ1n) is 12.1. The van der Waals surface area contributed by atoms with E-state index in [-0.39, 0.29) is 24.5 Å². The number of likely N-dealkylation sites (N-methyl/N-ethyl adjacent to an activating group) is 1. The molecule has 13 heteroatoms. The van der Waals surface area contributed by atoms with Crippen LogP contribution < -0.4 is 10.1 Å². The molecule has 1 N–H and O–H groups in total. The molecule has 11 nitrogen and oxygen atoms in total. The van der Waals surface area contributed by atoms with Crippen molar-refractivity contribution in [2.24, 2.45) is 0 Å². The van der Waals surface area contributed by atoms with Crippen LogP contribution in [0.5, 0.6) is 5.75 Å². The standard InChI is InChI=1S/C25H29FN8O3S/c1-15-10-34(31-29-15)20-5-6-21(37-4)24(26)16(20)9-27-25(35)17-11-33(30-19(17)14-36-3)13-23-28-18-7-8-32(2)12-22(18)38-23/h5-6,10-11H,7-9,12-14H2,1-4H3,(H,27,35). The number of aryl methyl sites for hydroxylation is 1. The zero-order valence-electron chi connectivity index (χ0n) is 21.7. The molecule has 1 aromatic carbocycles. The van der Waals surface area contributed by atoms with Gasteiger partial charge in [-0.2, -0.15) is 5.10 Å². The third-order valence-corrected chi connectivity index (χ3v) is 7.38. The van der Waals surface area contributed by atoms with E-state index in [1.165, 1.54) is 22.7 Å². The normalized spacial score (nSPS) is 13.5. The summed E-state index contributed by atoms with van der Waals surface area (Å²) in [4.78, 5) is 21.6. The van der Waals surface area contributed by atoms with Crippen molar-refractivity contribution in [1.29, 1.82) is 0 Å². The highest BCUT2D eigenvalue weighted by molar-refractivity contribution is 7.11. The van der Waals surface area contributed by atoms with Crippen molar-refractivity contribution >= 4 is 17.2 Å². The summed E-state index contributed by atoms with van der Waals surface area (Å²) in [6.45, 7) is 4.19. The molecule has 0 saturated heterocycles. The van der Waals surface area contributed by atoms with Gasteiger partial charge in [-0.25, -0.2) is 14.1 Å². The molecule has 38 heavy (non-hydrogen) atoms. The number of hydrogen-bond acceptors (Lipinski definition) is 9. The summed E-state index contributed by atoms with van der Waals surface area (Å²) < 4.78 is 28.9. The minimum atomic E-state index is -0.579. The molecule has 0 unspecified atom stereocenters. The van der Waals surface area contributed by atoms with E-state index in [2.05, 4.69) is 32.7 Å². The van der Waals surface area contributed by atoms with Crippen molar-refractivity contribution in [3.05, 3.63) is 68.4 Å². The number of methoxy groups -OCH3 is 2. The summed E-state index contributed by atoms with van der Waals surface area (Å²) in [7, 11) is 5.04. The molecule has 200 valence electrons. The molecule has 4 heterocycles. The van der Waals surface area contributed by atoms with Crippen LogP contribution in [0.15, 0.2) is 24.5 Å². The molecule has 0 bridgehead atoms. The number of ether oxygens (including phenoxy) is 2. The lowest BCUT2D eigenvalue weighted by atomic mass is 10.1. The van der Waals surface area contributed by atoms with Crippen LogP contribution in [0, 0.1) is 12.7 Å². The molecule has 1 aliphatic rings. The second-order valence-electron chi connectivity index (χ2n) is 9.15. The summed E-state index contributed by atoms with van der Waals surface area (Å²) in [6.07, 6.45) is 4.29. The van der Waals surface area contributed by atoms with Crippen LogP contribution in [0.4, 0.5) is 4.39 Å². The van der Waals surface area contributed by atoms with Crippen LogP contribution in [0.2, 0.25) is 0 Å². The van der Waals surface area contributed by atoms with Crippen LogP contribution >= 0.6 is 11.3 Å². The molecule has 0 spiro atoms. The Morgan fingerprint density at radius 3 is 2.84 bits per heavy atom. The number of amides is 1. The molecular formula is C25H29FN8O3S. The number of nitrogens with zero attached hydrogens (tertiary/aromatic N) is 7. The largest absolute Gasteiger partial charge is 0.494 e. The Bertz CT molecular complexity index is 1460. The average Bonchev–Trinajstić information content (AvgIpc) is 3.61. The fraction of sp³-hybridized carbons (Fsp3) is 0.400. The van der Waals surface area contributed by atoms with Gasteiger partial charge < -0.3 is 19.7 Å². The highest BCUT2D eigenvalue weighted by atomic mass is 32.1. The van der Waals surface area contributed by atoms with E-state index in [0.717, 1.165) is 30.2 Å². The molecule has 3 aromatic heterocycles. The average molecular weight is 541 g/mol. The lowest BCUT2D eigenvalue weighted by molar-refractivity contribution is 0.0945. The lowest BCUT2D eigenvalue weighted by Crippen LogP contribution is -2.25. The van der Waals surface area contributed by atoms with Crippen LogP contribution in [-0.2, 0) is 37.4 Å². The number of carbonyl (C=O) groups is 1. The fourth-order valence-electron chi connectivity index (χ4n) is 4.42. The van der Waals surface area contributed by atoms with Crippen molar-refractivity contribution in [3.63, 3.8) is 0 Å². The van der Waals surface area contributed by atoms with Crippen molar-refractivity contribution in [2.45, 2.75) is 39.6 Å². The lowest BCUT2D eigenvalue weighted by Gasteiger charge is -2.20. The first-order chi connectivity index (χ1) is 18.4. The van der Waals surface area contributed by atoms with Crippen LogP contribution in [0.25, 0.3) is 5.69 Å². The Kier molecular flexibility index (Phi) is 7.49. The van der Waals surface area contributed by atoms with E-state index in [1.807, 2.05) is 0 Å². The number of nitrogens with one attached hydrogen (secondary N) is 1. The predicted octanol–water partition coefficient (Wildman–Crippen LogP) is 2.49. The van der Waals surface area contributed by atoms with E-state index >= 15 is 4.39 Å². The number of fused-ring (bicyclic) bond motifs is 1. The Morgan fingerprint density at radius 1 is 1.26 bits per heavy atom. The number of benzene rings is 1. The van der Waals surface area contributed by atoms with E-state index in [0.29, 0.717) is 29.2 Å². The van der Waals surface area contributed by atoms with Gasteiger partial charge >= 0.3 is 0 Å². The zero-order chi connectivity index (χ0) is 26.8. The zero-order valence-corrected chi connectivity index (χ0v) is 22.5. The summed E-state index contributed by atoms with van der Waals surface area (Å²) in [5.41, 5.74) is 3.35. The van der Waals surface area contributed by atoms with Gasteiger partial charge in [0.1, 0.15) is 10.7 Å². The number of rotatable bonds is 9. The Balaban J connectivity index is 1.37. The number of halogens is 1. The van der Waals surface area contributed by atoms with Gasteiger partial charge in [0.25, 0.3) is 5.91 Å². The van der Waals surface area contributed by atoms with Gasteiger partial charge in [-0.05, 0) is 26.1 Å². The molecule has 5 rings (SSSR count). The molecule has 0 saturated carbocycles. The van der Waals surface area contributed by atoms with Gasteiger partial charge in [0.15, 0.2) is 11.6 Å². The third kappa shape index (κ3) is 5.30. The van der Waals surface area contributed by atoms with E-state index in [1.54, 1.807) is 48.5 Å². The minimum absolute atomic E-state index is 0.0695. The number of thiazole rings is 1. The molecule has 4 aromatic rings. The summed E-state index contributed by atoms with van der Waals surface area (Å²) >= 11 is 1.67. The summed E-state index contributed by atoms with van der Waals surface area (Å²) in [6, 6.07) is 3.19. The maximum atomic E-state index is 15.3. The predicted molar refractivity (Wildman–Crippen MR) is 138 cm³/mol. The third-order valence-electron chi connectivity index (χ3n) is 6.31. The maximum Gasteiger partial charge on any atom is 0.255 e. The summed E-state index contributed by atoms with van der Waals surface area (Å²) in [5.74, 6) is -0.906. The molecule has 1 aliphatic heterocycles. The van der Waals surface area contributed by atoms with Gasteiger partial charge in [-0.1, -0.05) is 5.21 Å². The molecular weight excluding hydrogens is 511 g/mol. The number of hydrogen-bond donors (Lipinski definition) is 1. The van der Waals surface area contributed by atoms with Crippen LogP contribution in [0.1, 0.15) is 42.9 Å². The Labute approximate surface area is 223 Å². The van der Waals surface area contributed by atoms with Gasteiger partial charge in [0.05, 0.1) is 49.1 Å². The quantitative estimate of drug-likeness (QED) is 0.345. The monoisotopic (exact) mass is 540 g/mol. The van der Waals surface area contributed by atoms with E-state index in [4.69, 9.17) is 14.5 Å².